The van der Waals surface area contributed by atoms with Crippen molar-refractivity contribution in [3.63, 3.8) is 0 Å². The zero-order valence-corrected chi connectivity index (χ0v) is 14.1. The molecule has 0 bridgehead atoms. The molecule has 2 aromatic heterocycles. The molecule has 24 heavy (non-hydrogen) atoms. The lowest BCUT2D eigenvalue weighted by molar-refractivity contribution is 0.0963. The number of aryl methyl sites for hydroxylation is 1. The number of nitrogens with zero attached hydrogens (tertiary/aromatic N) is 3. The van der Waals surface area contributed by atoms with Crippen molar-refractivity contribution in [1.82, 2.24) is 9.78 Å². The Kier molecular flexibility index (Phi) is 3.82. The molecular weight excluding hydrogens is 322 g/mol. The van der Waals surface area contributed by atoms with E-state index in [0.717, 1.165) is 16.4 Å². The fraction of sp³-hybridized carbons (Fsp3) is 0.222. The van der Waals surface area contributed by atoms with Crippen molar-refractivity contribution in [3.8, 4) is 5.75 Å². The highest BCUT2D eigenvalue weighted by Gasteiger charge is 2.28. The van der Waals surface area contributed by atoms with Crippen LogP contribution >= 0.6 is 11.3 Å². The summed E-state index contributed by atoms with van der Waals surface area (Å²) in [5.41, 5.74) is 1.39. The Balaban J connectivity index is 1.51. The first kappa shape index (κ1) is 15.0. The summed E-state index contributed by atoms with van der Waals surface area (Å²) in [6.07, 6.45) is 0. The number of benzene rings is 1. The Morgan fingerprint density at radius 1 is 1.17 bits per heavy atom. The van der Waals surface area contributed by atoms with Crippen molar-refractivity contribution in [3.05, 3.63) is 64.8 Å². The summed E-state index contributed by atoms with van der Waals surface area (Å²) in [6.45, 7) is 3.75. The zero-order valence-electron chi connectivity index (χ0n) is 13.3. The number of anilines is 1. The molecule has 1 aromatic carbocycles. The first-order valence-corrected chi connectivity index (χ1v) is 8.65. The van der Waals surface area contributed by atoms with E-state index in [0.29, 0.717) is 25.4 Å². The number of hydrogen-bond acceptors (Lipinski definition) is 4. The molecule has 0 spiro atoms. The molecule has 0 aliphatic carbocycles. The van der Waals surface area contributed by atoms with Crippen LogP contribution in [-0.4, -0.2) is 22.2 Å². The van der Waals surface area contributed by atoms with Crippen molar-refractivity contribution in [1.29, 1.82) is 0 Å². The number of para-hydroxylation sites is 1. The number of aromatic nitrogens is 2. The minimum absolute atomic E-state index is 0.00145. The van der Waals surface area contributed by atoms with Gasteiger partial charge in [0.2, 0.25) is 0 Å². The lowest BCUT2D eigenvalue weighted by Crippen LogP contribution is -2.40. The minimum Gasteiger partial charge on any atom is -0.487 e. The van der Waals surface area contributed by atoms with E-state index in [1.54, 1.807) is 16.0 Å². The van der Waals surface area contributed by atoms with Gasteiger partial charge in [-0.05, 0) is 37.3 Å². The maximum Gasteiger partial charge on any atom is 0.277 e. The van der Waals surface area contributed by atoms with Gasteiger partial charge in [0.15, 0.2) is 0 Å². The second kappa shape index (κ2) is 6.13. The highest BCUT2D eigenvalue weighted by Crippen LogP contribution is 2.28. The van der Waals surface area contributed by atoms with Gasteiger partial charge in [-0.2, -0.15) is 5.10 Å². The van der Waals surface area contributed by atoms with Crippen molar-refractivity contribution >= 4 is 22.2 Å². The number of carbonyl (C=O) groups is 1. The van der Waals surface area contributed by atoms with E-state index in [1.165, 1.54) is 4.88 Å². The standard InChI is InChI=1S/C18H17N3O2S/c1-13-7-8-17(24-13)20-9-10-21-16(18(20)22)11-14(19-21)12-23-15-5-3-2-4-6-15/h2-8,11H,9-10,12H2,1H3. The fourth-order valence-electron chi connectivity index (χ4n) is 2.77. The van der Waals surface area contributed by atoms with Gasteiger partial charge in [0.05, 0.1) is 11.5 Å². The SMILES string of the molecule is Cc1ccc(N2CCn3nc(COc4ccccc4)cc3C2=O)s1. The topological polar surface area (TPSA) is 47.4 Å². The number of amides is 1. The number of thiophene rings is 1. The molecule has 0 fully saturated rings. The third kappa shape index (κ3) is 2.80. The third-order valence-electron chi connectivity index (χ3n) is 3.95. The van der Waals surface area contributed by atoms with Crippen LogP contribution in [0, 0.1) is 6.92 Å². The van der Waals surface area contributed by atoms with E-state index >= 15 is 0 Å². The summed E-state index contributed by atoms with van der Waals surface area (Å²) in [6, 6.07) is 15.5. The molecule has 3 aromatic rings. The molecule has 5 nitrogen and oxygen atoms in total. The maximum absolute atomic E-state index is 12.7. The van der Waals surface area contributed by atoms with E-state index in [2.05, 4.69) is 5.10 Å². The Morgan fingerprint density at radius 3 is 2.75 bits per heavy atom. The lowest BCUT2D eigenvalue weighted by Gasteiger charge is -2.25. The molecule has 0 atom stereocenters. The van der Waals surface area contributed by atoms with Crippen LogP contribution in [0.1, 0.15) is 21.1 Å². The second-order valence-corrected chi connectivity index (χ2v) is 6.95. The largest absolute Gasteiger partial charge is 0.487 e. The molecule has 0 unspecified atom stereocenters. The fourth-order valence-corrected chi connectivity index (χ4v) is 3.66. The van der Waals surface area contributed by atoms with Gasteiger partial charge in [0.25, 0.3) is 5.91 Å². The molecule has 6 heteroatoms. The van der Waals surface area contributed by atoms with Gasteiger partial charge in [0, 0.05) is 11.4 Å². The monoisotopic (exact) mass is 339 g/mol. The van der Waals surface area contributed by atoms with Crippen molar-refractivity contribution in [2.24, 2.45) is 0 Å². The average Bonchev–Trinajstić information content (AvgIpc) is 3.21. The van der Waals surface area contributed by atoms with Crippen LogP contribution < -0.4 is 9.64 Å². The zero-order chi connectivity index (χ0) is 16.5. The summed E-state index contributed by atoms with van der Waals surface area (Å²) < 4.78 is 7.50. The van der Waals surface area contributed by atoms with Gasteiger partial charge in [-0.25, -0.2) is 0 Å². The van der Waals surface area contributed by atoms with Gasteiger partial charge in [-0.15, -0.1) is 11.3 Å². The van der Waals surface area contributed by atoms with Crippen LogP contribution in [0.4, 0.5) is 5.00 Å². The molecule has 0 radical (unpaired) electrons. The number of carbonyl (C=O) groups excluding carboxylic acids is 1. The van der Waals surface area contributed by atoms with E-state index in [1.807, 2.05) is 60.4 Å². The molecule has 3 heterocycles. The summed E-state index contributed by atoms with van der Waals surface area (Å²) in [5.74, 6) is 0.798. The molecule has 0 saturated heterocycles. The van der Waals surface area contributed by atoms with Gasteiger partial charge in [-0.3, -0.25) is 14.4 Å². The number of fused-ring (bicyclic) bond motifs is 1. The molecule has 122 valence electrons. The van der Waals surface area contributed by atoms with Crippen LogP contribution in [0.25, 0.3) is 0 Å². The summed E-state index contributed by atoms with van der Waals surface area (Å²) in [7, 11) is 0. The average molecular weight is 339 g/mol. The predicted octanol–water partition coefficient (Wildman–Crippen LogP) is 3.49. The van der Waals surface area contributed by atoms with Crippen LogP contribution in [-0.2, 0) is 13.2 Å². The van der Waals surface area contributed by atoms with E-state index < -0.39 is 0 Å². The van der Waals surface area contributed by atoms with Gasteiger partial charge in [0.1, 0.15) is 23.7 Å². The Morgan fingerprint density at radius 2 is 2.00 bits per heavy atom. The molecule has 1 amide bonds. The van der Waals surface area contributed by atoms with Crippen molar-refractivity contribution in [2.45, 2.75) is 20.1 Å². The third-order valence-corrected chi connectivity index (χ3v) is 4.98. The second-order valence-electron chi connectivity index (χ2n) is 5.69. The predicted molar refractivity (Wildman–Crippen MR) is 93.7 cm³/mol. The van der Waals surface area contributed by atoms with Crippen LogP contribution in [0.2, 0.25) is 0 Å². The normalized spacial score (nSPS) is 13.9. The highest BCUT2D eigenvalue weighted by molar-refractivity contribution is 7.16. The summed E-state index contributed by atoms with van der Waals surface area (Å²) in [4.78, 5) is 15.8. The van der Waals surface area contributed by atoms with Crippen molar-refractivity contribution in [2.75, 3.05) is 11.4 Å². The maximum atomic E-state index is 12.7. The summed E-state index contributed by atoms with van der Waals surface area (Å²) in [5, 5.41) is 5.49. The number of ether oxygens (including phenoxy) is 1. The number of rotatable bonds is 4. The lowest BCUT2D eigenvalue weighted by atomic mass is 10.2. The molecule has 0 N–H and O–H groups in total. The van der Waals surface area contributed by atoms with E-state index in [4.69, 9.17) is 4.74 Å². The summed E-state index contributed by atoms with van der Waals surface area (Å²) >= 11 is 1.64. The van der Waals surface area contributed by atoms with Crippen molar-refractivity contribution < 1.29 is 9.53 Å². The molecule has 1 aliphatic heterocycles. The van der Waals surface area contributed by atoms with E-state index in [9.17, 15) is 4.79 Å². The van der Waals surface area contributed by atoms with Crippen LogP contribution in [0.5, 0.6) is 5.75 Å². The minimum atomic E-state index is 0.00145. The Hall–Kier alpha value is -2.60. The first-order valence-electron chi connectivity index (χ1n) is 7.83. The number of hydrogen-bond donors (Lipinski definition) is 0. The van der Waals surface area contributed by atoms with Gasteiger partial charge in [-0.1, -0.05) is 18.2 Å². The highest BCUT2D eigenvalue weighted by atomic mass is 32.1. The molecule has 1 aliphatic rings. The van der Waals surface area contributed by atoms with E-state index in [-0.39, 0.29) is 5.91 Å². The van der Waals surface area contributed by atoms with Crippen LogP contribution in [0.3, 0.4) is 0 Å². The molecule has 0 saturated carbocycles. The molecule has 4 rings (SSSR count). The first-order chi connectivity index (χ1) is 11.7. The Bertz CT molecular complexity index is 870. The Labute approximate surface area is 144 Å². The van der Waals surface area contributed by atoms with Crippen LogP contribution in [0.15, 0.2) is 48.5 Å². The molecular formula is C18H17N3O2S. The van der Waals surface area contributed by atoms with Gasteiger partial charge < -0.3 is 4.74 Å². The quantitative estimate of drug-likeness (QED) is 0.731. The smallest absolute Gasteiger partial charge is 0.277 e. The van der Waals surface area contributed by atoms with Gasteiger partial charge >= 0.3 is 0 Å².